The van der Waals surface area contributed by atoms with E-state index in [2.05, 4.69) is 15.5 Å². The maximum absolute atomic E-state index is 12.4. The molecular weight excluding hydrogens is 356 g/mol. The first kappa shape index (κ1) is 18.5. The van der Waals surface area contributed by atoms with Gasteiger partial charge in [-0.25, -0.2) is 12.7 Å². The third-order valence-corrected chi connectivity index (χ3v) is 5.76. The van der Waals surface area contributed by atoms with Crippen molar-refractivity contribution in [3.63, 3.8) is 0 Å². The van der Waals surface area contributed by atoms with Crippen LogP contribution in [0, 0.1) is 12.8 Å². The van der Waals surface area contributed by atoms with Gasteiger partial charge in [0.2, 0.25) is 27.6 Å². The normalized spacial score (nSPS) is 18.6. The highest BCUT2D eigenvalue weighted by Gasteiger charge is 2.30. The number of piperidine rings is 1. The Balaban J connectivity index is 1.59. The largest absolute Gasteiger partial charge is 0.347 e. The van der Waals surface area contributed by atoms with Crippen LogP contribution in [0.1, 0.15) is 24.3 Å². The molecule has 0 aliphatic carbocycles. The van der Waals surface area contributed by atoms with Gasteiger partial charge in [-0.15, -0.1) is 0 Å². The van der Waals surface area contributed by atoms with Crippen molar-refractivity contribution in [3.8, 4) is 11.4 Å². The van der Waals surface area contributed by atoms with Gasteiger partial charge in [0.25, 0.3) is 0 Å². The molecule has 140 valence electrons. The average Bonchev–Trinajstić information content (AvgIpc) is 3.08. The predicted octanol–water partition coefficient (Wildman–Crippen LogP) is 1.33. The van der Waals surface area contributed by atoms with Gasteiger partial charge in [0.15, 0.2) is 0 Å². The Labute approximate surface area is 152 Å². The van der Waals surface area contributed by atoms with Crippen LogP contribution in [0.5, 0.6) is 0 Å². The second-order valence-electron chi connectivity index (χ2n) is 6.50. The molecule has 0 unspecified atom stereocenters. The highest BCUT2D eigenvalue weighted by molar-refractivity contribution is 7.88. The highest BCUT2D eigenvalue weighted by Crippen LogP contribution is 2.21. The summed E-state index contributed by atoms with van der Waals surface area (Å²) in [6.07, 6.45) is 2.50. The van der Waals surface area contributed by atoms with E-state index in [4.69, 9.17) is 4.52 Å². The summed E-state index contributed by atoms with van der Waals surface area (Å²) in [7, 11) is -3.28. The molecule has 0 saturated carbocycles. The SMILES string of the molecule is Cc1ccccc1-c1noc(CNC(=O)[C@H]2CCCN(S(C)(=O)=O)C2)n1. The predicted molar refractivity (Wildman–Crippen MR) is 95.5 cm³/mol. The molecule has 0 spiro atoms. The number of carbonyl (C=O) groups excluding carboxylic acids is 1. The minimum atomic E-state index is -3.28. The van der Waals surface area contributed by atoms with E-state index in [-0.39, 0.29) is 24.9 Å². The average molecular weight is 378 g/mol. The summed E-state index contributed by atoms with van der Waals surface area (Å²) < 4.78 is 29.9. The van der Waals surface area contributed by atoms with Gasteiger partial charge in [-0.1, -0.05) is 29.4 Å². The monoisotopic (exact) mass is 378 g/mol. The maximum Gasteiger partial charge on any atom is 0.246 e. The molecular formula is C17H22N4O4S. The number of nitrogens with one attached hydrogen (secondary N) is 1. The number of hydrogen-bond donors (Lipinski definition) is 1. The van der Waals surface area contributed by atoms with Crippen LogP contribution in [-0.4, -0.2) is 48.1 Å². The van der Waals surface area contributed by atoms with Crippen molar-refractivity contribution >= 4 is 15.9 Å². The van der Waals surface area contributed by atoms with Crippen LogP contribution in [0.3, 0.4) is 0 Å². The quantitative estimate of drug-likeness (QED) is 0.841. The minimum absolute atomic E-state index is 0.118. The molecule has 2 heterocycles. The molecule has 1 aliphatic rings. The summed E-state index contributed by atoms with van der Waals surface area (Å²) in [5.41, 5.74) is 1.91. The van der Waals surface area contributed by atoms with Gasteiger partial charge in [-0.05, 0) is 25.3 Å². The number of benzene rings is 1. The van der Waals surface area contributed by atoms with Crippen molar-refractivity contribution in [1.29, 1.82) is 0 Å². The Morgan fingerprint density at radius 3 is 2.88 bits per heavy atom. The first-order chi connectivity index (χ1) is 12.3. The zero-order valence-electron chi connectivity index (χ0n) is 14.8. The van der Waals surface area contributed by atoms with Gasteiger partial charge >= 0.3 is 0 Å². The lowest BCUT2D eigenvalue weighted by Crippen LogP contribution is -2.44. The third kappa shape index (κ3) is 4.28. The smallest absolute Gasteiger partial charge is 0.246 e. The van der Waals surface area contributed by atoms with Crippen LogP contribution in [0.2, 0.25) is 0 Å². The fourth-order valence-electron chi connectivity index (χ4n) is 3.02. The van der Waals surface area contributed by atoms with E-state index < -0.39 is 10.0 Å². The number of hydrogen-bond acceptors (Lipinski definition) is 6. The van der Waals surface area contributed by atoms with Crippen LogP contribution in [-0.2, 0) is 21.4 Å². The first-order valence-corrected chi connectivity index (χ1v) is 10.3. The molecule has 1 saturated heterocycles. The van der Waals surface area contributed by atoms with E-state index >= 15 is 0 Å². The second-order valence-corrected chi connectivity index (χ2v) is 8.49. The molecule has 0 radical (unpaired) electrons. The van der Waals surface area contributed by atoms with Gasteiger partial charge in [0, 0.05) is 18.7 Å². The van der Waals surface area contributed by atoms with Crippen molar-refractivity contribution < 1.29 is 17.7 Å². The Kier molecular flexibility index (Phi) is 5.38. The summed E-state index contributed by atoms with van der Waals surface area (Å²) in [5, 5.41) is 6.72. The summed E-state index contributed by atoms with van der Waals surface area (Å²) in [6.45, 7) is 2.76. The van der Waals surface area contributed by atoms with Crippen LogP contribution < -0.4 is 5.32 Å². The summed E-state index contributed by atoms with van der Waals surface area (Å²) in [6, 6.07) is 7.70. The first-order valence-electron chi connectivity index (χ1n) is 8.46. The zero-order chi connectivity index (χ0) is 18.7. The van der Waals surface area contributed by atoms with Crippen LogP contribution in [0.25, 0.3) is 11.4 Å². The van der Waals surface area contributed by atoms with Crippen LogP contribution in [0.4, 0.5) is 0 Å². The molecule has 26 heavy (non-hydrogen) atoms. The Morgan fingerprint density at radius 1 is 1.38 bits per heavy atom. The number of aryl methyl sites for hydroxylation is 1. The molecule has 3 rings (SSSR count). The summed E-state index contributed by atoms with van der Waals surface area (Å²) in [5.74, 6) is 0.229. The second kappa shape index (κ2) is 7.55. The van der Waals surface area contributed by atoms with Gasteiger partial charge in [0.05, 0.1) is 18.7 Å². The molecule has 1 aliphatic heterocycles. The molecule has 8 nitrogen and oxygen atoms in total. The summed E-state index contributed by atoms with van der Waals surface area (Å²) >= 11 is 0. The molecule has 1 fully saturated rings. The van der Waals surface area contributed by atoms with E-state index in [1.165, 1.54) is 10.6 Å². The molecule has 0 bridgehead atoms. The number of rotatable bonds is 5. The van der Waals surface area contributed by atoms with Crippen molar-refractivity contribution in [2.24, 2.45) is 5.92 Å². The lowest BCUT2D eigenvalue weighted by molar-refractivity contribution is -0.126. The van der Waals surface area contributed by atoms with Crippen LogP contribution in [0.15, 0.2) is 28.8 Å². The number of carbonyl (C=O) groups is 1. The molecule has 1 aromatic heterocycles. The fourth-order valence-corrected chi connectivity index (χ4v) is 3.94. The van der Waals surface area contributed by atoms with E-state index in [9.17, 15) is 13.2 Å². The van der Waals surface area contributed by atoms with Gasteiger partial charge in [0.1, 0.15) is 0 Å². The number of aromatic nitrogens is 2. The fraction of sp³-hybridized carbons (Fsp3) is 0.471. The van der Waals surface area contributed by atoms with Crippen molar-refractivity contribution in [2.75, 3.05) is 19.3 Å². The van der Waals surface area contributed by atoms with Crippen molar-refractivity contribution in [3.05, 3.63) is 35.7 Å². The lowest BCUT2D eigenvalue weighted by atomic mass is 9.99. The molecule has 2 aromatic rings. The summed E-state index contributed by atoms with van der Waals surface area (Å²) in [4.78, 5) is 16.7. The van der Waals surface area contributed by atoms with E-state index in [0.717, 1.165) is 11.1 Å². The lowest BCUT2D eigenvalue weighted by Gasteiger charge is -2.29. The molecule has 9 heteroatoms. The van der Waals surface area contributed by atoms with Gasteiger partial charge in [-0.3, -0.25) is 4.79 Å². The third-order valence-electron chi connectivity index (χ3n) is 4.49. The number of nitrogens with zero attached hydrogens (tertiary/aromatic N) is 3. The van der Waals surface area contributed by atoms with E-state index in [1.807, 2.05) is 31.2 Å². The van der Waals surface area contributed by atoms with E-state index in [0.29, 0.717) is 31.1 Å². The standard InChI is InChI=1S/C17H22N4O4S/c1-12-6-3-4-8-14(12)16-19-15(25-20-16)10-18-17(22)13-7-5-9-21(11-13)26(2,23)24/h3-4,6,8,13H,5,7,9-11H2,1-2H3,(H,18,22)/t13-/m0/s1. The highest BCUT2D eigenvalue weighted by atomic mass is 32.2. The van der Waals surface area contributed by atoms with Crippen molar-refractivity contribution in [2.45, 2.75) is 26.3 Å². The minimum Gasteiger partial charge on any atom is -0.347 e. The van der Waals surface area contributed by atoms with Gasteiger partial charge < -0.3 is 9.84 Å². The number of amides is 1. The van der Waals surface area contributed by atoms with Gasteiger partial charge in [-0.2, -0.15) is 4.98 Å². The Morgan fingerprint density at radius 2 is 2.15 bits per heavy atom. The number of sulfonamides is 1. The molecule has 1 aromatic carbocycles. The topological polar surface area (TPSA) is 105 Å². The molecule has 1 N–H and O–H groups in total. The zero-order valence-corrected chi connectivity index (χ0v) is 15.6. The Bertz CT molecular complexity index is 894. The molecule has 1 atom stereocenters. The van der Waals surface area contributed by atoms with Crippen LogP contribution >= 0.6 is 0 Å². The van der Waals surface area contributed by atoms with E-state index in [1.54, 1.807) is 0 Å². The van der Waals surface area contributed by atoms with Crippen molar-refractivity contribution in [1.82, 2.24) is 19.8 Å². The Hall–Kier alpha value is -2.26. The maximum atomic E-state index is 12.4. The molecule has 1 amide bonds.